The van der Waals surface area contributed by atoms with Crippen molar-refractivity contribution in [3.63, 3.8) is 0 Å². The van der Waals surface area contributed by atoms with Crippen molar-refractivity contribution in [2.45, 2.75) is 277 Å². The van der Waals surface area contributed by atoms with Gasteiger partial charge in [-0.05, 0) is 51.4 Å². The van der Waals surface area contributed by atoms with E-state index in [2.05, 4.69) is 55.6 Å². The van der Waals surface area contributed by atoms with Crippen LogP contribution in [0.25, 0.3) is 0 Å². The van der Waals surface area contributed by atoms with Gasteiger partial charge in [0.05, 0.1) is 13.2 Å². The third-order valence-corrected chi connectivity index (χ3v) is 13.1. The van der Waals surface area contributed by atoms with Gasteiger partial charge in [-0.3, -0.25) is 18.6 Å². The van der Waals surface area contributed by atoms with Crippen LogP contribution < -0.4 is 5.32 Å². The molecule has 9 nitrogen and oxygen atoms in total. The standard InChI is InChI=1S/C55H104NO8P/c1-3-5-7-9-11-13-15-17-19-21-23-25-26-28-29-31-33-35-37-39-41-43-45-47-54(58)56-49-50-63-65(60,61)64-52-53(57)51-62-55(59)48-46-44-42-40-38-36-34-32-30-27-24-22-20-18-16-14-12-10-8-6-4-2/h12,14,18,20,24,27,53,57H,3-11,13,15-17,19,21-23,25-26,28-52H2,1-2H3,(H,56,58)(H,60,61)/b14-12-,20-18-,27-24-. The number of hydrogen-bond acceptors (Lipinski definition) is 7. The summed E-state index contributed by atoms with van der Waals surface area (Å²) in [5.41, 5.74) is 0. The molecule has 0 saturated heterocycles. The summed E-state index contributed by atoms with van der Waals surface area (Å²) in [4.78, 5) is 34.1. The van der Waals surface area contributed by atoms with E-state index in [1.54, 1.807) is 0 Å². The SMILES string of the molecule is CCCCC/C=C\C/C=C\C/C=C\CCCCCCCCCCC(=O)OCC(O)COP(=O)(O)OCCNC(=O)CCCCCCCCCCCCCCCCCCCCCCCCC. The summed E-state index contributed by atoms with van der Waals surface area (Å²) in [6.07, 6.45) is 60.9. The van der Waals surface area contributed by atoms with Gasteiger partial charge in [-0.2, -0.15) is 0 Å². The highest BCUT2D eigenvalue weighted by molar-refractivity contribution is 7.47. The Balaban J connectivity index is 3.53. The summed E-state index contributed by atoms with van der Waals surface area (Å²) in [5, 5.41) is 12.8. The lowest BCUT2D eigenvalue weighted by molar-refractivity contribution is -0.147. The maximum Gasteiger partial charge on any atom is 0.472 e. The van der Waals surface area contributed by atoms with E-state index in [1.807, 2.05) is 0 Å². The van der Waals surface area contributed by atoms with Gasteiger partial charge in [-0.25, -0.2) is 4.57 Å². The molecule has 3 N–H and O–H groups in total. The molecule has 0 aromatic carbocycles. The Bertz CT molecular complexity index is 1160. The van der Waals surface area contributed by atoms with Crippen LogP contribution in [0, 0.1) is 0 Å². The number of nitrogens with one attached hydrogen (secondary N) is 1. The number of amides is 1. The molecule has 0 aliphatic carbocycles. The van der Waals surface area contributed by atoms with Gasteiger partial charge in [0.15, 0.2) is 0 Å². The molecule has 0 aromatic heterocycles. The second-order valence-electron chi connectivity index (χ2n) is 18.6. The highest BCUT2D eigenvalue weighted by Crippen LogP contribution is 2.42. The molecule has 0 spiro atoms. The van der Waals surface area contributed by atoms with Gasteiger partial charge in [0.1, 0.15) is 12.7 Å². The van der Waals surface area contributed by atoms with Gasteiger partial charge in [0.2, 0.25) is 5.91 Å². The second-order valence-corrected chi connectivity index (χ2v) is 20.0. The number of carbonyl (C=O) groups excluding carboxylic acids is 2. The molecule has 0 saturated carbocycles. The first-order valence-electron chi connectivity index (χ1n) is 27.5. The van der Waals surface area contributed by atoms with Crippen LogP contribution in [0.2, 0.25) is 0 Å². The van der Waals surface area contributed by atoms with E-state index in [0.717, 1.165) is 64.2 Å². The minimum absolute atomic E-state index is 0.0839. The zero-order chi connectivity index (χ0) is 47.4. The number of carbonyl (C=O) groups is 2. The van der Waals surface area contributed by atoms with Gasteiger partial charge in [-0.15, -0.1) is 0 Å². The van der Waals surface area contributed by atoms with E-state index in [9.17, 15) is 24.2 Å². The van der Waals surface area contributed by atoms with Crippen LogP contribution in [0.1, 0.15) is 271 Å². The third kappa shape index (κ3) is 53.1. The maximum absolute atomic E-state index is 12.2. The number of aliphatic hydroxyl groups is 1. The fourth-order valence-electron chi connectivity index (χ4n) is 7.92. The van der Waals surface area contributed by atoms with Crippen LogP contribution in [0.3, 0.4) is 0 Å². The number of phosphoric ester groups is 1. The zero-order valence-electron chi connectivity index (χ0n) is 42.4. The fourth-order valence-corrected chi connectivity index (χ4v) is 8.68. The van der Waals surface area contributed by atoms with Gasteiger partial charge >= 0.3 is 13.8 Å². The summed E-state index contributed by atoms with van der Waals surface area (Å²) in [6.45, 7) is 3.57. The van der Waals surface area contributed by atoms with Crippen molar-refractivity contribution < 1.29 is 37.9 Å². The van der Waals surface area contributed by atoms with Gasteiger partial charge in [0, 0.05) is 19.4 Å². The molecule has 2 unspecified atom stereocenters. The molecular weight excluding hydrogens is 834 g/mol. The highest BCUT2D eigenvalue weighted by Gasteiger charge is 2.23. The van der Waals surface area contributed by atoms with E-state index >= 15 is 0 Å². The number of ether oxygens (including phenoxy) is 1. The van der Waals surface area contributed by atoms with Crippen molar-refractivity contribution in [2.75, 3.05) is 26.4 Å². The summed E-state index contributed by atoms with van der Waals surface area (Å²) in [7, 11) is -4.42. The first-order chi connectivity index (χ1) is 31.8. The quantitative estimate of drug-likeness (QED) is 0.0238. The topological polar surface area (TPSA) is 131 Å². The Morgan fingerprint density at radius 3 is 1.28 bits per heavy atom. The van der Waals surface area contributed by atoms with Crippen LogP contribution in [0.4, 0.5) is 0 Å². The van der Waals surface area contributed by atoms with Crippen molar-refractivity contribution in [3.8, 4) is 0 Å². The highest BCUT2D eigenvalue weighted by atomic mass is 31.2. The summed E-state index contributed by atoms with van der Waals surface area (Å²) < 4.78 is 27.0. The minimum Gasteiger partial charge on any atom is -0.463 e. The largest absolute Gasteiger partial charge is 0.472 e. The number of hydrogen-bond donors (Lipinski definition) is 3. The second kappa shape index (κ2) is 51.6. The molecule has 2 atom stereocenters. The van der Waals surface area contributed by atoms with E-state index in [4.69, 9.17) is 13.8 Å². The third-order valence-electron chi connectivity index (χ3n) is 12.1. The molecular formula is C55H104NO8P. The Morgan fingerprint density at radius 1 is 0.477 bits per heavy atom. The number of allylic oxidation sites excluding steroid dienone is 6. The summed E-state index contributed by atoms with van der Waals surface area (Å²) in [5.74, 6) is -0.513. The van der Waals surface area contributed by atoms with Crippen LogP contribution in [0.5, 0.6) is 0 Å². The predicted molar refractivity (Wildman–Crippen MR) is 275 cm³/mol. The molecule has 65 heavy (non-hydrogen) atoms. The monoisotopic (exact) mass is 938 g/mol. The van der Waals surface area contributed by atoms with Crippen molar-refractivity contribution >= 4 is 19.7 Å². The lowest BCUT2D eigenvalue weighted by Gasteiger charge is -2.15. The Kier molecular flexibility index (Phi) is 50.2. The maximum atomic E-state index is 12.2. The van der Waals surface area contributed by atoms with Crippen LogP contribution >= 0.6 is 7.82 Å². The van der Waals surface area contributed by atoms with Crippen LogP contribution in [-0.2, 0) is 27.9 Å². The van der Waals surface area contributed by atoms with E-state index in [-0.39, 0.29) is 32.1 Å². The van der Waals surface area contributed by atoms with Crippen molar-refractivity contribution in [3.05, 3.63) is 36.5 Å². The molecule has 0 aliphatic heterocycles. The molecule has 10 heteroatoms. The fraction of sp³-hybridized carbons (Fsp3) is 0.855. The van der Waals surface area contributed by atoms with E-state index < -0.39 is 26.5 Å². The normalized spacial score (nSPS) is 13.4. The minimum atomic E-state index is -4.42. The van der Waals surface area contributed by atoms with Crippen LogP contribution in [0.15, 0.2) is 36.5 Å². The Morgan fingerprint density at radius 2 is 0.831 bits per heavy atom. The molecule has 0 aromatic rings. The zero-order valence-corrected chi connectivity index (χ0v) is 43.3. The number of rotatable bonds is 52. The smallest absolute Gasteiger partial charge is 0.463 e. The van der Waals surface area contributed by atoms with Crippen molar-refractivity contribution in [2.24, 2.45) is 0 Å². The molecule has 382 valence electrons. The van der Waals surface area contributed by atoms with E-state index in [0.29, 0.717) is 6.42 Å². The first-order valence-corrected chi connectivity index (χ1v) is 29.0. The molecule has 0 heterocycles. The molecule has 0 aliphatic rings. The number of esters is 1. The van der Waals surface area contributed by atoms with Gasteiger partial charge < -0.3 is 20.1 Å². The van der Waals surface area contributed by atoms with Crippen LogP contribution in [-0.4, -0.2) is 54.3 Å². The number of unbranched alkanes of at least 4 members (excludes halogenated alkanes) is 33. The lowest BCUT2D eigenvalue weighted by Crippen LogP contribution is -2.27. The van der Waals surface area contributed by atoms with Gasteiger partial charge in [-0.1, -0.05) is 243 Å². The molecule has 1 amide bonds. The lowest BCUT2D eigenvalue weighted by atomic mass is 10.0. The molecule has 0 fully saturated rings. The summed E-state index contributed by atoms with van der Waals surface area (Å²) >= 11 is 0. The van der Waals surface area contributed by atoms with Gasteiger partial charge in [0.25, 0.3) is 0 Å². The number of phosphoric acid groups is 1. The van der Waals surface area contributed by atoms with E-state index in [1.165, 1.54) is 180 Å². The molecule has 0 rings (SSSR count). The average molecular weight is 938 g/mol. The Labute approximate surface area is 401 Å². The van der Waals surface area contributed by atoms with Crippen molar-refractivity contribution in [1.29, 1.82) is 0 Å². The summed E-state index contributed by atoms with van der Waals surface area (Å²) in [6, 6.07) is 0. The first kappa shape index (κ1) is 63.2. The number of aliphatic hydroxyl groups excluding tert-OH is 1. The molecule has 0 radical (unpaired) electrons. The Hall–Kier alpha value is -1.77. The predicted octanol–water partition coefficient (Wildman–Crippen LogP) is 16.5. The average Bonchev–Trinajstić information content (AvgIpc) is 3.29. The molecule has 0 bridgehead atoms. The van der Waals surface area contributed by atoms with Crippen molar-refractivity contribution in [1.82, 2.24) is 5.32 Å².